The third-order valence-electron chi connectivity index (χ3n) is 6.86. The predicted molar refractivity (Wildman–Crippen MR) is 145 cm³/mol. The molecule has 1 N–H and O–H groups in total. The number of hydrogen-bond donors (Lipinski definition) is 1. The topological polar surface area (TPSA) is 84.9 Å². The summed E-state index contributed by atoms with van der Waals surface area (Å²) in [6.45, 7) is 1.49. The molecule has 0 aromatic heterocycles. The molecule has 3 aromatic carbocycles. The van der Waals surface area contributed by atoms with Gasteiger partial charge < -0.3 is 14.8 Å². The van der Waals surface area contributed by atoms with Gasteiger partial charge in [0.05, 0.1) is 30.8 Å². The molecule has 38 heavy (non-hydrogen) atoms. The van der Waals surface area contributed by atoms with E-state index in [9.17, 15) is 17.6 Å². The molecule has 0 spiro atoms. The number of ether oxygens (including phenoxy) is 2. The van der Waals surface area contributed by atoms with E-state index in [2.05, 4.69) is 17.4 Å². The summed E-state index contributed by atoms with van der Waals surface area (Å²) in [6, 6.07) is 15.2. The van der Waals surface area contributed by atoms with Crippen LogP contribution in [0, 0.1) is 5.82 Å². The summed E-state index contributed by atoms with van der Waals surface area (Å²) >= 11 is 0. The molecule has 0 fully saturated rings. The Morgan fingerprint density at radius 2 is 1.63 bits per heavy atom. The lowest BCUT2D eigenvalue weighted by atomic mass is 9.89. The lowest BCUT2D eigenvalue weighted by molar-refractivity contribution is -0.120. The van der Waals surface area contributed by atoms with Crippen LogP contribution in [0.2, 0.25) is 0 Å². The van der Waals surface area contributed by atoms with E-state index in [0.717, 1.165) is 41.3 Å². The maximum Gasteiger partial charge on any atom is 0.264 e. The number of carbonyl (C=O) groups excluding carboxylic acids is 1. The number of halogens is 1. The van der Waals surface area contributed by atoms with Gasteiger partial charge in [-0.05, 0) is 85.2 Å². The molecule has 0 aliphatic heterocycles. The first kappa shape index (κ1) is 27.4. The number of sulfonamides is 1. The van der Waals surface area contributed by atoms with Crippen LogP contribution in [0.4, 0.5) is 10.1 Å². The number of nitrogens with one attached hydrogen (secondary N) is 1. The van der Waals surface area contributed by atoms with E-state index >= 15 is 0 Å². The first-order valence-electron chi connectivity index (χ1n) is 12.7. The minimum atomic E-state index is -4.22. The molecule has 0 bridgehead atoms. The van der Waals surface area contributed by atoms with Crippen LogP contribution in [0.3, 0.4) is 0 Å². The van der Waals surface area contributed by atoms with Gasteiger partial charge in [0.25, 0.3) is 10.0 Å². The Balaban J connectivity index is 1.62. The molecular weight excluding hydrogens is 507 g/mol. The number of aryl methyl sites for hydroxylation is 2. The molecule has 1 atom stereocenters. The standard InChI is InChI=1S/C29H33FN2O5S/c1-4-26(22-10-9-20-7-5-6-8-21(20)17-22)31-29(33)19-32(24-13-11-23(30)12-14-24)38(34,35)25-15-16-27(36-2)28(18-25)37-3/h9-18,26H,4-8,19H2,1-3H3,(H,31,33)/t26-/m1/s1. The number of rotatable bonds is 10. The molecule has 7 nitrogen and oxygen atoms in total. The Morgan fingerprint density at radius 1 is 0.947 bits per heavy atom. The highest BCUT2D eigenvalue weighted by molar-refractivity contribution is 7.92. The molecular formula is C29H33FN2O5S. The number of methoxy groups -OCH3 is 2. The van der Waals surface area contributed by atoms with Crippen LogP contribution in [0.25, 0.3) is 0 Å². The first-order chi connectivity index (χ1) is 18.3. The van der Waals surface area contributed by atoms with Gasteiger partial charge in [0.1, 0.15) is 12.4 Å². The van der Waals surface area contributed by atoms with Crippen LogP contribution in [0.5, 0.6) is 11.5 Å². The van der Waals surface area contributed by atoms with Crippen LogP contribution >= 0.6 is 0 Å². The van der Waals surface area contributed by atoms with Crippen LogP contribution < -0.4 is 19.1 Å². The average Bonchev–Trinajstić information content (AvgIpc) is 2.94. The second-order valence-corrected chi connectivity index (χ2v) is 11.1. The van der Waals surface area contributed by atoms with E-state index in [0.29, 0.717) is 12.2 Å². The van der Waals surface area contributed by atoms with Gasteiger partial charge in [-0.1, -0.05) is 25.1 Å². The SMILES string of the molecule is CC[C@@H](NC(=O)CN(c1ccc(F)cc1)S(=O)(=O)c1ccc(OC)c(OC)c1)c1ccc2c(c1)CCCC2. The highest BCUT2D eigenvalue weighted by atomic mass is 32.2. The van der Waals surface area contributed by atoms with Crippen molar-refractivity contribution in [1.82, 2.24) is 5.32 Å². The summed E-state index contributed by atoms with van der Waals surface area (Å²) in [7, 11) is -1.36. The molecule has 0 heterocycles. The van der Waals surface area contributed by atoms with Gasteiger partial charge in [-0.3, -0.25) is 9.10 Å². The largest absolute Gasteiger partial charge is 0.493 e. The van der Waals surface area contributed by atoms with Crippen molar-refractivity contribution < 1.29 is 27.1 Å². The van der Waals surface area contributed by atoms with E-state index < -0.39 is 28.3 Å². The van der Waals surface area contributed by atoms with E-state index in [1.54, 1.807) is 0 Å². The molecule has 9 heteroatoms. The van der Waals surface area contributed by atoms with Crippen molar-refractivity contribution in [3.05, 3.63) is 83.2 Å². The molecule has 1 amide bonds. The van der Waals surface area contributed by atoms with E-state index in [1.807, 2.05) is 13.0 Å². The van der Waals surface area contributed by atoms with Crippen molar-refractivity contribution in [2.45, 2.75) is 50.0 Å². The van der Waals surface area contributed by atoms with Gasteiger partial charge in [-0.25, -0.2) is 12.8 Å². The van der Waals surface area contributed by atoms with Crippen molar-refractivity contribution in [2.24, 2.45) is 0 Å². The third kappa shape index (κ3) is 5.93. The number of fused-ring (bicyclic) bond motifs is 1. The molecule has 1 aliphatic rings. The average molecular weight is 541 g/mol. The molecule has 3 aromatic rings. The summed E-state index contributed by atoms with van der Waals surface area (Å²) < 4.78 is 52.7. The molecule has 4 rings (SSSR count). The monoisotopic (exact) mass is 540 g/mol. The Morgan fingerprint density at radius 3 is 2.29 bits per heavy atom. The zero-order chi connectivity index (χ0) is 27.3. The van der Waals surface area contributed by atoms with E-state index in [-0.39, 0.29) is 22.4 Å². The fourth-order valence-electron chi connectivity index (χ4n) is 4.79. The quantitative estimate of drug-likeness (QED) is 0.383. The Labute approximate surface area is 223 Å². The van der Waals surface area contributed by atoms with E-state index in [1.165, 1.54) is 62.1 Å². The number of anilines is 1. The summed E-state index contributed by atoms with van der Waals surface area (Å²) in [6.07, 6.45) is 5.08. The van der Waals surface area contributed by atoms with Gasteiger partial charge in [0.2, 0.25) is 5.91 Å². The van der Waals surface area contributed by atoms with Gasteiger partial charge >= 0.3 is 0 Å². The number of benzene rings is 3. The minimum absolute atomic E-state index is 0.0889. The number of nitrogens with zero attached hydrogens (tertiary/aromatic N) is 1. The van der Waals surface area contributed by atoms with Crippen LogP contribution in [-0.2, 0) is 27.7 Å². The number of amides is 1. The maximum atomic E-state index is 13.8. The Kier molecular flexibility index (Phi) is 8.56. The lowest BCUT2D eigenvalue weighted by Gasteiger charge is -2.26. The van der Waals surface area contributed by atoms with Gasteiger partial charge in [0.15, 0.2) is 11.5 Å². The maximum absolute atomic E-state index is 13.8. The normalized spacial score (nSPS) is 13.8. The summed E-state index contributed by atoms with van der Waals surface area (Å²) in [5, 5.41) is 3.00. The van der Waals surface area contributed by atoms with Crippen molar-refractivity contribution in [2.75, 3.05) is 25.1 Å². The summed E-state index contributed by atoms with van der Waals surface area (Å²) in [5.41, 5.74) is 3.82. The summed E-state index contributed by atoms with van der Waals surface area (Å²) in [5.74, 6) is -0.382. The molecule has 0 unspecified atom stereocenters. The molecule has 202 valence electrons. The van der Waals surface area contributed by atoms with Crippen LogP contribution in [0.15, 0.2) is 65.6 Å². The Bertz CT molecular complexity index is 1390. The predicted octanol–water partition coefficient (Wildman–Crippen LogP) is 5.18. The highest BCUT2D eigenvalue weighted by Crippen LogP contribution is 2.32. The zero-order valence-corrected chi connectivity index (χ0v) is 22.7. The van der Waals surface area contributed by atoms with Crippen LogP contribution in [0.1, 0.15) is 48.9 Å². The fraction of sp³-hybridized carbons (Fsp3) is 0.345. The van der Waals surface area contributed by atoms with Gasteiger partial charge in [0, 0.05) is 6.07 Å². The number of carbonyl (C=O) groups is 1. The number of hydrogen-bond acceptors (Lipinski definition) is 5. The molecule has 0 radical (unpaired) electrons. The molecule has 1 aliphatic carbocycles. The van der Waals surface area contributed by atoms with Crippen molar-refractivity contribution in [3.8, 4) is 11.5 Å². The van der Waals surface area contributed by atoms with Crippen molar-refractivity contribution >= 4 is 21.6 Å². The fourth-order valence-corrected chi connectivity index (χ4v) is 6.23. The highest BCUT2D eigenvalue weighted by Gasteiger charge is 2.29. The van der Waals surface area contributed by atoms with Crippen molar-refractivity contribution in [3.63, 3.8) is 0 Å². The summed E-state index contributed by atoms with van der Waals surface area (Å²) in [4.78, 5) is 13.2. The van der Waals surface area contributed by atoms with Crippen LogP contribution in [-0.4, -0.2) is 35.1 Å². The third-order valence-corrected chi connectivity index (χ3v) is 8.63. The van der Waals surface area contributed by atoms with Crippen molar-refractivity contribution in [1.29, 1.82) is 0 Å². The zero-order valence-electron chi connectivity index (χ0n) is 21.9. The first-order valence-corrected chi connectivity index (χ1v) is 14.1. The van der Waals surface area contributed by atoms with Gasteiger partial charge in [-0.15, -0.1) is 0 Å². The minimum Gasteiger partial charge on any atom is -0.493 e. The molecule has 0 saturated carbocycles. The second-order valence-electron chi connectivity index (χ2n) is 9.27. The Hall–Kier alpha value is -3.59. The molecule has 0 saturated heterocycles. The second kappa shape index (κ2) is 11.9. The van der Waals surface area contributed by atoms with E-state index in [4.69, 9.17) is 9.47 Å². The smallest absolute Gasteiger partial charge is 0.264 e. The lowest BCUT2D eigenvalue weighted by Crippen LogP contribution is -2.42. The van der Waals surface area contributed by atoms with Gasteiger partial charge in [-0.2, -0.15) is 0 Å².